The van der Waals surface area contributed by atoms with E-state index in [4.69, 9.17) is 0 Å². The van der Waals surface area contributed by atoms with Gasteiger partial charge in [-0.3, -0.25) is 4.79 Å². The second-order valence-corrected chi connectivity index (χ2v) is 7.50. The number of carbonyl (C=O) groups is 1. The van der Waals surface area contributed by atoms with E-state index in [-0.39, 0.29) is 17.4 Å². The molecule has 0 bridgehead atoms. The van der Waals surface area contributed by atoms with Crippen LogP contribution in [0.3, 0.4) is 0 Å². The number of amides is 1. The normalized spacial score (nSPS) is 14.4. The van der Waals surface area contributed by atoms with Crippen molar-refractivity contribution in [2.45, 2.75) is 52.0 Å². The largest absolute Gasteiger partial charge is 0.506 e. The molecule has 1 unspecified atom stereocenters. The molecule has 1 atom stereocenters. The number of nitriles is 1. The standard InChI is InChI=1S/C24H27N3O2/c1-3-21(19-10-9-17-6-4-5-7-18(17)13-19)27-24(29)20(14-25)15-26-22-11-8-16(2)12-23(22)28/h8-13,15,21,26,28H,3-7H2,1-2H3,(H,27,29)/b20-15-. The molecule has 1 aliphatic carbocycles. The maximum Gasteiger partial charge on any atom is 0.263 e. The van der Waals surface area contributed by atoms with Crippen LogP contribution in [-0.4, -0.2) is 11.0 Å². The highest BCUT2D eigenvalue weighted by atomic mass is 16.3. The van der Waals surface area contributed by atoms with Crippen LogP contribution in [0.4, 0.5) is 5.69 Å². The van der Waals surface area contributed by atoms with Crippen LogP contribution in [0.15, 0.2) is 48.2 Å². The van der Waals surface area contributed by atoms with E-state index in [9.17, 15) is 15.2 Å². The number of benzene rings is 2. The fraction of sp³-hybridized carbons (Fsp3) is 0.333. The van der Waals surface area contributed by atoms with Gasteiger partial charge < -0.3 is 15.7 Å². The molecule has 0 radical (unpaired) electrons. The number of anilines is 1. The molecule has 2 aromatic rings. The molecule has 1 aliphatic rings. The third-order valence-corrected chi connectivity index (χ3v) is 5.38. The minimum Gasteiger partial charge on any atom is -0.506 e. The number of phenols is 1. The summed E-state index contributed by atoms with van der Waals surface area (Å²) in [5.74, 6) is -0.365. The first-order valence-electron chi connectivity index (χ1n) is 10.1. The van der Waals surface area contributed by atoms with Crippen LogP contribution >= 0.6 is 0 Å². The van der Waals surface area contributed by atoms with E-state index in [1.54, 1.807) is 12.1 Å². The highest BCUT2D eigenvalue weighted by Gasteiger charge is 2.18. The monoisotopic (exact) mass is 389 g/mol. The summed E-state index contributed by atoms with van der Waals surface area (Å²) < 4.78 is 0. The van der Waals surface area contributed by atoms with E-state index >= 15 is 0 Å². The molecule has 3 N–H and O–H groups in total. The topological polar surface area (TPSA) is 85.2 Å². The highest BCUT2D eigenvalue weighted by Crippen LogP contribution is 2.27. The number of rotatable bonds is 6. The van der Waals surface area contributed by atoms with Gasteiger partial charge in [0.05, 0.1) is 11.7 Å². The first-order valence-corrected chi connectivity index (χ1v) is 10.1. The van der Waals surface area contributed by atoms with Crippen molar-refractivity contribution in [3.05, 3.63) is 70.4 Å². The van der Waals surface area contributed by atoms with Gasteiger partial charge in [-0.15, -0.1) is 0 Å². The summed E-state index contributed by atoms with van der Waals surface area (Å²) in [6.07, 6.45) is 6.71. The summed E-state index contributed by atoms with van der Waals surface area (Å²) in [7, 11) is 0. The molecule has 0 saturated heterocycles. The lowest BCUT2D eigenvalue weighted by atomic mass is 9.88. The lowest BCUT2D eigenvalue weighted by Crippen LogP contribution is -2.29. The molecule has 1 amide bonds. The molecule has 2 aromatic carbocycles. The Morgan fingerprint density at radius 2 is 1.97 bits per heavy atom. The summed E-state index contributed by atoms with van der Waals surface area (Å²) in [6.45, 7) is 3.89. The Morgan fingerprint density at radius 1 is 1.21 bits per heavy atom. The van der Waals surface area contributed by atoms with Crippen molar-refractivity contribution < 1.29 is 9.90 Å². The molecule has 29 heavy (non-hydrogen) atoms. The Bertz CT molecular complexity index is 973. The minimum absolute atomic E-state index is 0.0404. The summed E-state index contributed by atoms with van der Waals surface area (Å²) in [6, 6.07) is 13.4. The number of hydrogen-bond donors (Lipinski definition) is 3. The van der Waals surface area contributed by atoms with E-state index in [1.165, 1.54) is 30.2 Å². The molecule has 0 spiro atoms. The van der Waals surface area contributed by atoms with Crippen LogP contribution in [0.2, 0.25) is 0 Å². The fourth-order valence-corrected chi connectivity index (χ4v) is 3.69. The Kier molecular flexibility index (Phi) is 6.56. The number of aromatic hydroxyl groups is 1. The average Bonchev–Trinajstić information content (AvgIpc) is 2.73. The molecule has 0 fully saturated rings. The lowest BCUT2D eigenvalue weighted by molar-refractivity contribution is -0.117. The molecular formula is C24H27N3O2. The number of carbonyl (C=O) groups excluding carboxylic acids is 1. The second kappa shape index (κ2) is 9.29. The Morgan fingerprint density at radius 3 is 2.66 bits per heavy atom. The summed E-state index contributed by atoms with van der Waals surface area (Å²) in [5.41, 5.74) is 5.17. The molecular weight excluding hydrogens is 362 g/mol. The van der Waals surface area contributed by atoms with Gasteiger partial charge in [-0.2, -0.15) is 5.26 Å². The van der Waals surface area contributed by atoms with E-state index in [0.717, 1.165) is 30.4 Å². The molecule has 0 aromatic heterocycles. The zero-order valence-electron chi connectivity index (χ0n) is 17.0. The van der Waals surface area contributed by atoms with Gasteiger partial charge in [-0.25, -0.2) is 0 Å². The van der Waals surface area contributed by atoms with Crippen molar-refractivity contribution in [2.24, 2.45) is 0 Å². The van der Waals surface area contributed by atoms with Crippen molar-refractivity contribution in [3.63, 3.8) is 0 Å². The van der Waals surface area contributed by atoms with Gasteiger partial charge in [0.15, 0.2) is 0 Å². The summed E-state index contributed by atoms with van der Waals surface area (Å²) in [4.78, 5) is 12.7. The quantitative estimate of drug-likeness (QED) is 0.381. The second-order valence-electron chi connectivity index (χ2n) is 7.50. The predicted molar refractivity (Wildman–Crippen MR) is 114 cm³/mol. The van der Waals surface area contributed by atoms with Crippen LogP contribution in [0.1, 0.15) is 54.5 Å². The van der Waals surface area contributed by atoms with Crippen molar-refractivity contribution in [1.29, 1.82) is 5.26 Å². The Labute approximate surface area is 172 Å². The Hall–Kier alpha value is -3.26. The van der Waals surface area contributed by atoms with Crippen molar-refractivity contribution in [1.82, 2.24) is 5.32 Å². The lowest BCUT2D eigenvalue weighted by Gasteiger charge is -2.21. The number of aryl methyl sites for hydroxylation is 3. The van der Waals surface area contributed by atoms with Gasteiger partial charge in [0.2, 0.25) is 0 Å². The van der Waals surface area contributed by atoms with Gasteiger partial charge in [0.1, 0.15) is 17.4 Å². The number of hydrogen-bond acceptors (Lipinski definition) is 4. The average molecular weight is 389 g/mol. The van der Waals surface area contributed by atoms with E-state index in [1.807, 2.05) is 26.0 Å². The summed E-state index contributed by atoms with van der Waals surface area (Å²) in [5, 5.41) is 25.2. The van der Waals surface area contributed by atoms with Gasteiger partial charge in [-0.05, 0) is 73.4 Å². The minimum atomic E-state index is -0.434. The number of phenolic OH excluding ortho intramolecular Hbond substituents is 1. The first kappa shape index (κ1) is 20.5. The number of fused-ring (bicyclic) bond motifs is 1. The van der Waals surface area contributed by atoms with E-state index in [2.05, 4.69) is 28.8 Å². The first-order chi connectivity index (χ1) is 14.0. The zero-order chi connectivity index (χ0) is 20.8. The molecule has 5 nitrogen and oxygen atoms in total. The SMILES string of the molecule is CCC(NC(=O)/C(C#N)=C\Nc1ccc(C)cc1O)c1ccc2c(c1)CCCC2. The fourth-order valence-electron chi connectivity index (χ4n) is 3.69. The highest BCUT2D eigenvalue weighted by molar-refractivity contribution is 5.97. The van der Waals surface area contributed by atoms with E-state index < -0.39 is 5.91 Å². The molecule has 5 heteroatoms. The van der Waals surface area contributed by atoms with Gasteiger partial charge >= 0.3 is 0 Å². The maximum atomic E-state index is 12.7. The van der Waals surface area contributed by atoms with Crippen molar-refractivity contribution in [3.8, 4) is 11.8 Å². The van der Waals surface area contributed by atoms with Crippen LogP contribution in [0.25, 0.3) is 0 Å². The van der Waals surface area contributed by atoms with Crippen LogP contribution in [-0.2, 0) is 17.6 Å². The zero-order valence-corrected chi connectivity index (χ0v) is 17.0. The predicted octanol–water partition coefficient (Wildman–Crippen LogP) is 4.67. The van der Waals surface area contributed by atoms with Gasteiger partial charge in [0.25, 0.3) is 5.91 Å². The number of nitrogens with zero attached hydrogens (tertiary/aromatic N) is 1. The van der Waals surface area contributed by atoms with Gasteiger partial charge in [-0.1, -0.05) is 31.2 Å². The van der Waals surface area contributed by atoms with Crippen molar-refractivity contribution >= 4 is 11.6 Å². The molecule has 0 heterocycles. The van der Waals surface area contributed by atoms with Crippen molar-refractivity contribution in [2.75, 3.05) is 5.32 Å². The molecule has 0 saturated carbocycles. The Balaban J connectivity index is 1.72. The number of nitrogens with one attached hydrogen (secondary N) is 2. The third kappa shape index (κ3) is 4.97. The van der Waals surface area contributed by atoms with E-state index in [0.29, 0.717) is 5.69 Å². The molecule has 0 aliphatic heterocycles. The molecule has 150 valence electrons. The molecule has 3 rings (SSSR count). The van der Waals surface area contributed by atoms with Crippen LogP contribution < -0.4 is 10.6 Å². The summed E-state index contributed by atoms with van der Waals surface area (Å²) >= 11 is 0. The third-order valence-electron chi connectivity index (χ3n) is 5.38. The van der Waals surface area contributed by atoms with Crippen LogP contribution in [0, 0.1) is 18.3 Å². The maximum absolute atomic E-state index is 12.7. The smallest absolute Gasteiger partial charge is 0.263 e. The van der Waals surface area contributed by atoms with Gasteiger partial charge in [0, 0.05) is 6.20 Å². The van der Waals surface area contributed by atoms with Crippen LogP contribution in [0.5, 0.6) is 5.75 Å².